The second-order valence-corrected chi connectivity index (χ2v) is 5.63. The van der Waals surface area contributed by atoms with Crippen molar-refractivity contribution < 1.29 is 9.53 Å². The van der Waals surface area contributed by atoms with Crippen molar-refractivity contribution in [3.63, 3.8) is 0 Å². The third kappa shape index (κ3) is 2.99. The van der Waals surface area contributed by atoms with Crippen molar-refractivity contribution in [2.75, 3.05) is 5.32 Å². The highest BCUT2D eigenvalue weighted by Gasteiger charge is 2.18. The lowest BCUT2D eigenvalue weighted by Crippen LogP contribution is -2.29. The number of benzene rings is 1. The van der Waals surface area contributed by atoms with Gasteiger partial charge in [0, 0.05) is 10.9 Å². The minimum atomic E-state index is -0.638. The van der Waals surface area contributed by atoms with Gasteiger partial charge in [0.2, 0.25) is 0 Å². The van der Waals surface area contributed by atoms with Gasteiger partial charge in [-0.15, -0.1) is 0 Å². The molecule has 1 aromatic heterocycles. The lowest BCUT2D eigenvalue weighted by molar-refractivity contribution is 0.0635. The maximum absolute atomic E-state index is 12.0. The van der Waals surface area contributed by atoms with Crippen LogP contribution in [0.15, 0.2) is 29.1 Å². The van der Waals surface area contributed by atoms with Crippen LogP contribution in [0.5, 0.6) is 0 Å². The van der Waals surface area contributed by atoms with Crippen molar-refractivity contribution >= 4 is 22.7 Å². The fraction of sp³-hybridized carbons (Fsp3) is 0.333. The Labute approximate surface area is 117 Å². The molecule has 0 atom stereocenters. The molecule has 1 aromatic carbocycles. The average molecular weight is 274 g/mol. The van der Waals surface area contributed by atoms with E-state index in [0.717, 1.165) is 16.5 Å². The fourth-order valence-corrected chi connectivity index (χ4v) is 1.97. The Morgan fingerprint density at radius 1 is 1.25 bits per heavy atom. The Kier molecular flexibility index (Phi) is 3.53. The smallest absolute Gasteiger partial charge is 0.412 e. The zero-order valence-electron chi connectivity index (χ0n) is 12.0. The van der Waals surface area contributed by atoms with Crippen LogP contribution in [-0.4, -0.2) is 16.7 Å². The van der Waals surface area contributed by atoms with Crippen LogP contribution < -0.4 is 10.9 Å². The number of aromatic amines is 1. The zero-order valence-corrected chi connectivity index (χ0v) is 12.0. The summed E-state index contributed by atoms with van der Waals surface area (Å²) in [5.74, 6) is 0. The Morgan fingerprint density at radius 2 is 1.90 bits per heavy atom. The van der Waals surface area contributed by atoms with Crippen LogP contribution in [0, 0.1) is 6.92 Å². The van der Waals surface area contributed by atoms with Crippen LogP contribution >= 0.6 is 0 Å². The van der Waals surface area contributed by atoms with Crippen molar-refractivity contribution in [1.82, 2.24) is 4.98 Å². The van der Waals surface area contributed by atoms with Gasteiger partial charge in [0.1, 0.15) is 11.3 Å². The number of nitrogens with one attached hydrogen (secondary N) is 2. The molecule has 1 amide bonds. The van der Waals surface area contributed by atoms with E-state index in [1.54, 1.807) is 27.7 Å². The Balaban J connectivity index is 2.40. The third-order valence-electron chi connectivity index (χ3n) is 2.81. The van der Waals surface area contributed by atoms with Gasteiger partial charge < -0.3 is 9.72 Å². The number of hydrogen-bond donors (Lipinski definition) is 2. The van der Waals surface area contributed by atoms with E-state index < -0.39 is 11.7 Å². The number of H-pyrrole nitrogens is 1. The van der Waals surface area contributed by atoms with Crippen molar-refractivity contribution in [2.24, 2.45) is 0 Å². The predicted molar refractivity (Wildman–Crippen MR) is 79.2 cm³/mol. The Bertz CT molecular complexity index is 711. The molecule has 5 heteroatoms. The molecule has 0 saturated heterocycles. The highest BCUT2D eigenvalue weighted by Crippen LogP contribution is 2.20. The first-order chi connectivity index (χ1) is 9.28. The van der Waals surface area contributed by atoms with Crippen LogP contribution in [0.4, 0.5) is 10.5 Å². The highest BCUT2D eigenvalue weighted by atomic mass is 16.6. The number of fused-ring (bicyclic) bond motifs is 1. The summed E-state index contributed by atoms with van der Waals surface area (Å²) < 4.78 is 5.16. The van der Waals surface area contributed by atoms with Gasteiger partial charge in [-0.05, 0) is 39.3 Å². The number of aryl methyl sites for hydroxylation is 1. The van der Waals surface area contributed by atoms with E-state index in [1.165, 1.54) is 0 Å². The van der Waals surface area contributed by atoms with Crippen molar-refractivity contribution in [1.29, 1.82) is 0 Å². The van der Waals surface area contributed by atoms with Gasteiger partial charge in [0.15, 0.2) is 0 Å². The summed E-state index contributed by atoms with van der Waals surface area (Å²) in [5.41, 5.74) is 0.728. The van der Waals surface area contributed by atoms with Gasteiger partial charge in [-0.25, -0.2) is 4.79 Å². The van der Waals surface area contributed by atoms with Gasteiger partial charge >= 0.3 is 6.09 Å². The Morgan fingerprint density at radius 3 is 2.55 bits per heavy atom. The van der Waals surface area contributed by atoms with Gasteiger partial charge in [-0.1, -0.05) is 18.2 Å². The fourth-order valence-electron chi connectivity index (χ4n) is 1.97. The van der Waals surface area contributed by atoms with Crippen LogP contribution in [0.2, 0.25) is 0 Å². The predicted octanol–water partition coefficient (Wildman–Crippen LogP) is 3.18. The largest absolute Gasteiger partial charge is 0.444 e. The number of pyridine rings is 1. The van der Waals surface area contributed by atoms with Crippen LogP contribution in [-0.2, 0) is 4.74 Å². The molecule has 0 aliphatic heterocycles. The summed E-state index contributed by atoms with van der Waals surface area (Å²) in [4.78, 5) is 26.6. The number of ether oxygens (including phenoxy) is 1. The molecule has 0 saturated carbocycles. The first kappa shape index (κ1) is 14.1. The Hall–Kier alpha value is -2.30. The summed E-state index contributed by atoms with van der Waals surface area (Å²) in [5, 5.41) is 3.41. The molecule has 0 unspecified atom stereocenters. The number of carbonyl (C=O) groups excluding carboxylic acids is 1. The number of aromatic nitrogens is 1. The minimum absolute atomic E-state index is 0.220. The van der Waals surface area contributed by atoms with E-state index >= 15 is 0 Å². The second kappa shape index (κ2) is 5.00. The maximum Gasteiger partial charge on any atom is 0.412 e. The standard InChI is InChI=1S/C15H18N2O3/c1-9-10-7-5-6-8-11(10)16-13(18)12(9)17-14(19)20-15(2,3)4/h5-8H,1-4H3,(H,16,18)(H,17,19). The molecule has 5 nitrogen and oxygen atoms in total. The average Bonchev–Trinajstić information content (AvgIpc) is 2.32. The minimum Gasteiger partial charge on any atom is -0.444 e. The quantitative estimate of drug-likeness (QED) is 0.839. The van der Waals surface area contributed by atoms with E-state index in [9.17, 15) is 9.59 Å². The lowest BCUT2D eigenvalue weighted by atomic mass is 10.1. The first-order valence-corrected chi connectivity index (χ1v) is 6.39. The number of hydrogen-bond acceptors (Lipinski definition) is 3. The van der Waals surface area contributed by atoms with E-state index in [4.69, 9.17) is 4.74 Å². The van der Waals surface area contributed by atoms with Crippen molar-refractivity contribution in [2.45, 2.75) is 33.3 Å². The summed E-state index contributed by atoms with van der Waals surface area (Å²) in [6.07, 6.45) is -0.638. The summed E-state index contributed by atoms with van der Waals surface area (Å²) in [6.45, 7) is 7.10. The number of rotatable bonds is 1. The summed E-state index contributed by atoms with van der Waals surface area (Å²) in [7, 11) is 0. The topological polar surface area (TPSA) is 71.2 Å². The van der Waals surface area contributed by atoms with E-state index in [0.29, 0.717) is 0 Å². The highest BCUT2D eigenvalue weighted by molar-refractivity contribution is 5.92. The first-order valence-electron chi connectivity index (χ1n) is 6.39. The van der Waals surface area contributed by atoms with Crippen molar-refractivity contribution in [3.8, 4) is 0 Å². The molecular formula is C15H18N2O3. The van der Waals surface area contributed by atoms with E-state index in [-0.39, 0.29) is 11.2 Å². The molecule has 0 radical (unpaired) electrons. The monoisotopic (exact) mass is 274 g/mol. The number of anilines is 1. The molecule has 0 fully saturated rings. The molecule has 0 bridgehead atoms. The second-order valence-electron chi connectivity index (χ2n) is 5.63. The zero-order chi connectivity index (χ0) is 14.9. The summed E-state index contributed by atoms with van der Waals surface area (Å²) >= 11 is 0. The molecule has 20 heavy (non-hydrogen) atoms. The maximum atomic E-state index is 12.0. The van der Waals surface area contributed by atoms with Gasteiger partial charge in [-0.3, -0.25) is 10.1 Å². The number of carbonyl (C=O) groups is 1. The van der Waals surface area contributed by atoms with Crippen molar-refractivity contribution in [3.05, 3.63) is 40.2 Å². The molecule has 0 aliphatic rings. The van der Waals surface area contributed by atoms with Crippen LogP contribution in [0.3, 0.4) is 0 Å². The lowest BCUT2D eigenvalue weighted by Gasteiger charge is -2.20. The van der Waals surface area contributed by atoms with E-state index in [1.807, 2.05) is 24.3 Å². The molecule has 0 spiro atoms. The molecule has 2 aromatic rings. The summed E-state index contributed by atoms with van der Waals surface area (Å²) in [6, 6.07) is 7.44. The van der Waals surface area contributed by atoms with Gasteiger partial charge in [0.25, 0.3) is 5.56 Å². The van der Waals surface area contributed by atoms with Crippen LogP contribution in [0.25, 0.3) is 10.9 Å². The molecule has 0 aliphatic carbocycles. The van der Waals surface area contributed by atoms with E-state index in [2.05, 4.69) is 10.3 Å². The SMILES string of the molecule is Cc1c(NC(=O)OC(C)(C)C)c(=O)[nH]c2ccccc12. The third-order valence-corrected chi connectivity index (χ3v) is 2.81. The number of para-hydroxylation sites is 1. The molecule has 1 heterocycles. The number of amides is 1. The van der Waals surface area contributed by atoms with Crippen LogP contribution in [0.1, 0.15) is 26.3 Å². The van der Waals surface area contributed by atoms with Gasteiger partial charge in [-0.2, -0.15) is 0 Å². The normalized spacial score (nSPS) is 11.4. The molecule has 106 valence electrons. The molecule has 2 rings (SSSR count). The molecular weight excluding hydrogens is 256 g/mol. The van der Waals surface area contributed by atoms with Gasteiger partial charge in [0.05, 0.1) is 0 Å². The molecule has 2 N–H and O–H groups in total.